The summed E-state index contributed by atoms with van der Waals surface area (Å²) in [7, 11) is 0. The minimum atomic E-state index is -0.207. The van der Waals surface area contributed by atoms with Crippen LogP contribution in [0.3, 0.4) is 0 Å². The third kappa shape index (κ3) is 2.92. The Labute approximate surface area is 109 Å². The summed E-state index contributed by atoms with van der Waals surface area (Å²) in [5.74, 6) is 0.153. The molecular weight excluding hydrogens is 240 g/mol. The molecule has 0 unspecified atom stereocenters. The number of nitrogens with two attached hydrogens (primary N) is 1. The Bertz CT molecular complexity index is 275. The van der Waals surface area contributed by atoms with Gasteiger partial charge in [-0.15, -0.1) is 12.4 Å². The van der Waals surface area contributed by atoms with Gasteiger partial charge >= 0.3 is 0 Å². The van der Waals surface area contributed by atoms with Gasteiger partial charge in [0, 0.05) is 31.5 Å². The molecule has 0 radical (unpaired) electrons. The number of halogens is 1. The maximum atomic E-state index is 11.8. The molecule has 17 heavy (non-hydrogen) atoms. The lowest BCUT2D eigenvalue weighted by Crippen LogP contribution is -2.49. The van der Waals surface area contributed by atoms with E-state index in [1.807, 2.05) is 4.90 Å². The first-order valence-electron chi connectivity index (χ1n) is 6.34. The fraction of sp³-hybridized carbons (Fsp3) is 0.917. The molecular formula is C12H23ClN2O2. The minimum Gasteiger partial charge on any atom is -0.392 e. The van der Waals surface area contributed by atoms with E-state index in [0.717, 1.165) is 45.2 Å². The normalized spacial score (nSPS) is 32.6. The average Bonchev–Trinajstić information content (AvgIpc) is 2.61. The van der Waals surface area contributed by atoms with Gasteiger partial charge in [0.2, 0.25) is 5.91 Å². The van der Waals surface area contributed by atoms with Crippen molar-refractivity contribution in [1.82, 2.24) is 4.90 Å². The van der Waals surface area contributed by atoms with Crippen molar-refractivity contribution in [3.63, 3.8) is 0 Å². The van der Waals surface area contributed by atoms with Crippen molar-refractivity contribution in [2.24, 2.45) is 11.1 Å². The quantitative estimate of drug-likeness (QED) is 0.777. The molecule has 0 aromatic carbocycles. The number of rotatable bonds is 2. The van der Waals surface area contributed by atoms with Crippen LogP contribution in [0.4, 0.5) is 0 Å². The second kappa shape index (κ2) is 6.03. The highest BCUT2D eigenvalue weighted by atomic mass is 35.5. The summed E-state index contributed by atoms with van der Waals surface area (Å²) in [4.78, 5) is 13.7. The maximum absolute atomic E-state index is 11.8. The molecule has 2 atom stereocenters. The number of piperidine rings is 1. The van der Waals surface area contributed by atoms with Crippen LogP contribution in [0.5, 0.6) is 0 Å². The van der Waals surface area contributed by atoms with Crippen molar-refractivity contribution in [2.45, 2.75) is 44.6 Å². The van der Waals surface area contributed by atoms with E-state index in [9.17, 15) is 9.90 Å². The van der Waals surface area contributed by atoms with E-state index in [1.54, 1.807) is 0 Å². The zero-order chi connectivity index (χ0) is 11.6. The Morgan fingerprint density at radius 1 is 1.41 bits per heavy atom. The van der Waals surface area contributed by atoms with E-state index in [4.69, 9.17) is 5.73 Å². The molecule has 5 heteroatoms. The number of nitrogens with zero attached hydrogens (tertiary/aromatic N) is 1. The molecule has 0 aromatic heterocycles. The van der Waals surface area contributed by atoms with Gasteiger partial charge in [0.15, 0.2) is 0 Å². The lowest BCUT2D eigenvalue weighted by atomic mass is 9.76. The zero-order valence-electron chi connectivity index (χ0n) is 10.2. The van der Waals surface area contributed by atoms with Crippen LogP contribution >= 0.6 is 12.4 Å². The fourth-order valence-corrected chi connectivity index (χ4v) is 3.25. The van der Waals surface area contributed by atoms with Gasteiger partial charge in [0.1, 0.15) is 0 Å². The summed E-state index contributed by atoms with van der Waals surface area (Å²) >= 11 is 0. The number of hydrogen-bond acceptors (Lipinski definition) is 3. The van der Waals surface area contributed by atoms with E-state index in [0.29, 0.717) is 13.0 Å². The Hall–Kier alpha value is -0.320. The predicted octanol–water partition coefficient (Wildman–Crippen LogP) is 0.911. The minimum absolute atomic E-state index is 0. The summed E-state index contributed by atoms with van der Waals surface area (Å²) in [5.41, 5.74) is 5.41. The molecule has 1 heterocycles. The highest BCUT2D eigenvalue weighted by Gasteiger charge is 2.45. The number of amides is 1. The molecule has 0 aromatic rings. The van der Waals surface area contributed by atoms with Crippen LogP contribution in [0.2, 0.25) is 0 Å². The van der Waals surface area contributed by atoms with Gasteiger partial charge in [-0.3, -0.25) is 4.79 Å². The van der Waals surface area contributed by atoms with Gasteiger partial charge in [-0.25, -0.2) is 0 Å². The first-order chi connectivity index (χ1) is 7.68. The highest BCUT2D eigenvalue weighted by Crippen LogP contribution is 2.45. The van der Waals surface area contributed by atoms with E-state index in [1.165, 1.54) is 0 Å². The molecule has 1 aliphatic carbocycles. The standard InChI is InChI=1S/C12H22N2O2.ClH/c13-7-4-11(16)14-8-2-6-12(9-14)5-1-3-10(12)15;/h10,15H,1-9,13H2;1H/t10-,12-;/m1./s1. The molecule has 2 aliphatic rings. The van der Waals surface area contributed by atoms with Crippen LogP contribution in [-0.4, -0.2) is 41.7 Å². The topological polar surface area (TPSA) is 66.6 Å². The summed E-state index contributed by atoms with van der Waals surface area (Å²) < 4.78 is 0. The number of aliphatic hydroxyl groups is 1. The highest BCUT2D eigenvalue weighted by molar-refractivity contribution is 5.85. The van der Waals surface area contributed by atoms with Gasteiger partial charge in [0.25, 0.3) is 0 Å². The molecule has 1 saturated heterocycles. The van der Waals surface area contributed by atoms with Crippen LogP contribution in [0, 0.1) is 5.41 Å². The second-order valence-corrected chi connectivity index (χ2v) is 5.23. The summed E-state index contributed by atoms with van der Waals surface area (Å²) in [5, 5.41) is 10.1. The number of carbonyl (C=O) groups excluding carboxylic acids is 1. The largest absolute Gasteiger partial charge is 0.392 e. The maximum Gasteiger partial charge on any atom is 0.223 e. The van der Waals surface area contributed by atoms with Gasteiger partial charge < -0.3 is 15.7 Å². The van der Waals surface area contributed by atoms with E-state index >= 15 is 0 Å². The average molecular weight is 263 g/mol. The summed E-state index contributed by atoms with van der Waals surface area (Å²) in [6.07, 6.45) is 5.39. The smallest absolute Gasteiger partial charge is 0.223 e. The number of aliphatic hydroxyl groups excluding tert-OH is 1. The van der Waals surface area contributed by atoms with Crippen LogP contribution in [0.25, 0.3) is 0 Å². The molecule has 1 amide bonds. The Morgan fingerprint density at radius 2 is 2.12 bits per heavy atom. The first kappa shape index (κ1) is 14.7. The third-order valence-electron chi connectivity index (χ3n) is 4.18. The van der Waals surface area contributed by atoms with Crippen LogP contribution in [0.15, 0.2) is 0 Å². The van der Waals surface area contributed by atoms with E-state index < -0.39 is 0 Å². The lowest BCUT2D eigenvalue weighted by Gasteiger charge is -2.42. The molecule has 1 aliphatic heterocycles. The zero-order valence-corrected chi connectivity index (χ0v) is 11.0. The van der Waals surface area contributed by atoms with Crippen LogP contribution < -0.4 is 5.73 Å². The molecule has 1 saturated carbocycles. The molecule has 4 nitrogen and oxygen atoms in total. The van der Waals surface area contributed by atoms with E-state index in [-0.39, 0.29) is 29.8 Å². The van der Waals surface area contributed by atoms with Gasteiger partial charge in [-0.1, -0.05) is 6.42 Å². The number of hydrogen-bond donors (Lipinski definition) is 2. The lowest BCUT2D eigenvalue weighted by molar-refractivity contribution is -0.136. The van der Waals surface area contributed by atoms with Crippen LogP contribution in [-0.2, 0) is 4.79 Å². The van der Waals surface area contributed by atoms with Crippen molar-refractivity contribution in [1.29, 1.82) is 0 Å². The van der Waals surface area contributed by atoms with Crippen molar-refractivity contribution in [3.05, 3.63) is 0 Å². The van der Waals surface area contributed by atoms with Gasteiger partial charge in [-0.2, -0.15) is 0 Å². The van der Waals surface area contributed by atoms with E-state index in [2.05, 4.69) is 0 Å². The monoisotopic (exact) mass is 262 g/mol. The molecule has 3 N–H and O–H groups in total. The molecule has 2 fully saturated rings. The molecule has 0 bridgehead atoms. The SMILES string of the molecule is Cl.NCCC(=O)N1CCC[C@]2(CCC[C@H]2O)C1. The number of likely N-dealkylation sites (tertiary alicyclic amines) is 1. The summed E-state index contributed by atoms with van der Waals surface area (Å²) in [6, 6.07) is 0. The molecule has 100 valence electrons. The fourth-order valence-electron chi connectivity index (χ4n) is 3.25. The Kier molecular flexibility index (Phi) is 5.22. The summed E-state index contributed by atoms with van der Waals surface area (Å²) in [6.45, 7) is 2.01. The Morgan fingerprint density at radius 3 is 2.71 bits per heavy atom. The van der Waals surface area contributed by atoms with Crippen LogP contribution in [0.1, 0.15) is 38.5 Å². The van der Waals surface area contributed by atoms with Crippen molar-refractivity contribution in [3.8, 4) is 0 Å². The molecule has 1 spiro atoms. The second-order valence-electron chi connectivity index (χ2n) is 5.23. The number of carbonyl (C=O) groups is 1. The molecule has 2 rings (SSSR count). The van der Waals surface area contributed by atoms with Crippen molar-refractivity contribution >= 4 is 18.3 Å². The Balaban J connectivity index is 0.00000144. The van der Waals surface area contributed by atoms with Gasteiger partial charge in [-0.05, 0) is 25.7 Å². The van der Waals surface area contributed by atoms with Crippen molar-refractivity contribution in [2.75, 3.05) is 19.6 Å². The first-order valence-corrected chi connectivity index (χ1v) is 6.34. The predicted molar refractivity (Wildman–Crippen MR) is 69.0 cm³/mol. The third-order valence-corrected chi connectivity index (χ3v) is 4.18. The van der Waals surface area contributed by atoms with Crippen molar-refractivity contribution < 1.29 is 9.90 Å². The van der Waals surface area contributed by atoms with Gasteiger partial charge in [0.05, 0.1) is 6.10 Å².